The Balaban J connectivity index is 0.000000180. The molecule has 18 heavy (non-hydrogen) atoms. The van der Waals surface area contributed by atoms with Crippen molar-refractivity contribution in [3.63, 3.8) is 0 Å². The number of aromatic nitrogens is 1. The summed E-state index contributed by atoms with van der Waals surface area (Å²) in [5, 5.41) is 10.6. The van der Waals surface area contributed by atoms with E-state index in [1.54, 1.807) is 18.3 Å². The van der Waals surface area contributed by atoms with Gasteiger partial charge in [0.15, 0.2) is 0 Å². The Kier molecular flexibility index (Phi) is 4.79. The number of carboxylic acid groups (broad SMARTS) is 1. The first-order chi connectivity index (χ1) is 8.50. The van der Waals surface area contributed by atoms with Crippen LogP contribution in [0.2, 0.25) is 0 Å². The summed E-state index contributed by atoms with van der Waals surface area (Å²) in [7, 11) is 0. The fraction of sp³-hybridized carbons (Fsp3) is 0.273. The summed E-state index contributed by atoms with van der Waals surface area (Å²) in [5.74, 6) is -1.55. The quantitative estimate of drug-likeness (QED) is 0.655. The number of carboxylic acids is 1. The number of nitrogens with zero attached hydrogens (tertiary/aromatic N) is 1. The van der Waals surface area contributed by atoms with Crippen molar-refractivity contribution in [2.45, 2.75) is 18.9 Å². The standard InChI is InChI=1S/C6H6N2O.C5H7NO3/c7-6(9)5-2-1-3-8-4-5;7-4-2-1-3(6-4)5(8)9/h1-4H,(H2,7,9);3H,1-2H2,(H,6,7)(H,8,9)/t;3-/m.0/s1. The van der Waals surface area contributed by atoms with Crippen LogP contribution in [0.3, 0.4) is 0 Å². The molecule has 0 aliphatic carbocycles. The van der Waals surface area contributed by atoms with Crippen LogP contribution in [0, 0.1) is 0 Å². The lowest BCUT2D eigenvalue weighted by molar-refractivity contribution is -0.140. The van der Waals surface area contributed by atoms with E-state index in [-0.39, 0.29) is 5.91 Å². The average molecular weight is 251 g/mol. The Morgan fingerprint density at radius 2 is 2.22 bits per heavy atom. The van der Waals surface area contributed by atoms with E-state index in [9.17, 15) is 14.4 Å². The molecule has 1 atom stereocenters. The molecule has 0 radical (unpaired) electrons. The van der Waals surface area contributed by atoms with Crippen LogP contribution in [0.15, 0.2) is 24.5 Å². The van der Waals surface area contributed by atoms with Crippen molar-refractivity contribution in [2.24, 2.45) is 5.73 Å². The van der Waals surface area contributed by atoms with Crippen LogP contribution >= 0.6 is 0 Å². The fourth-order valence-corrected chi connectivity index (χ4v) is 1.31. The highest BCUT2D eigenvalue weighted by molar-refractivity contribution is 5.92. The van der Waals surface area contributed by atoms with Crippen LogP contribution in [0.4, 0.5) is 0 Å². The smallest absolute Gasteiger partial charge is 0.326 e. The molecule has 0 spiro atoms. The molecule has 1 aliphatic heterocycles. The molecule has 2 heterocycles. The van der Waals surface area contributed by atoms with E-state index in [0.717, 1.165) is 0 Å². The molecule has 0 bridgehead atoms. The number of carbonyl (C=O) groups excluding carboxylic acids is 2. The zero-order valence-corrected chi connectivity index (χ0v) is 9.50. The maximum absolute atomic E-state index is 10.4. The van der Waals surface area contributed by atoms with E-state index in [4.69, 9.17) is 10.8 Å². The first-order valence-corrected chi connectivity index (χ1v) is 5.22. The number of nitrogens with one attached hydrogen (secondary N) is 1. The molecule has 0 unspecified atom stereocenters. The van der Waals surface area contributed by atoms with Crippen molar-refractivity contribution in [2.75, 3.05) is 0 Å². The largest absolute Gasteiger partial charge is 0.480 e. The topological polar surface area (TPSA) is 122 Å². The molecule has 0 aromatic carbocycles. The summed E-state index contributed by atoms with van der Waals surface area (Å²) in [5.41, 5.74) is 5.38. The highest BCUT2D eigenvalue weighted by atomic mass is 16.4. The van der Waals surface area contributed by atoms with Gasteiger partial charge in [-0.25, -0.2) is 4.79 Å². The lowest BCUT2D eigenvalue weighted by atomic mass is 10.2. The third kappa shape index (κ3) is 4.20. The lowest BCUT2D eigenvalue weighted by Crippen LogP contribution is -2.32. The van der Waals surface area contributed by atoms with E-state index >= 15 is 0 Å². The fourth-order valence-electron chi connectivity index (χ4n) is 1.31. The van der Waals surface area contributed by atoms with Crippen molar-refractivity contribution >= 4 is 17.8 Å². The number of carbonyl (C=O) groups is 3. The first-order valence-electron chi connectivity index (χ1n) is 5.22. The van der Waals surface area contributed by atoms with Crippen LogP contribution < -0.4 is 11.1 Å². The van der Waals surface area contributed by atoms with Crippen LogP contribution in [0.1, 0.15) is 23.2 Å². The maximum atomic E-state index is 10.4. The summed E-state index contributed by atoms with van der Waals surface area (Å²) in [4.78, 5) is 34.6. The van der Waals surface area contributed by atoms with Crippen LogP contribution in [-0.2, 0) is 9.59 Å². The maximum Gasteiger partial charge on any atom is 0.326 e. The van der Waals surface area contributed by atoms with Gasteiger partial charge < -0.3 is 16.2 Å². The van der Waals surface area contributed by atoms with Crippen molar-refractivity contribution in [1.82, 2.24) is 10.3 Å². The molecule has 1 aromatic heterocycles. The van der Waals surface area contributed by atoms with E-state index in [0.29, 0.717) is 18.4 Å². The molecular formula is C11H13N3O4. The Morgan fingerprint density at radius 3 is 2.50 bits per heavy atom. The minimum atomic E-state index is -0.944. The molecule has 4 N–H and O–H groups in total. The molecule has 1 saturated heterocycles. The zero-order valence-electron chi connectivity index (χ0n) is 9.50. The Labute approximate surface area is 103 Å². The van der Waals surface area contributed by atoms with Gasteiger partial charge >= 0.3 is 5.97 Å². The summed E-state index contributed by atoms with van der Waals surface area (Å²) in [6.07, 6.45) is 3.79. The van der Waals surface area contributed by atoms with Gasteiger partial charge in [0.25, 0.3) is 0 Å². The average Bonchev–Trinajstić information content (AvgIpc) is 2.78. The normalized spacial score (nSPS) is 17.3. The van der Waals surface area contributed by atoms with Gasteiger partial charge in [-0.15, -0.1) is 0 Å². The summed E-state index contributed by atoms with van der Waals surface area (Å²) in [6.45, 7) is 0. The predicted octanol–water partition coefficient (Wildman–Crippen LogP) is -0.470. The molecule has 0 saturated carbocycles. The summed E-state index contributed by atoms with van der Waals surface area (Å²) >= 11 is 0. The number of aliphatic carboxylic acids is 1. The number of rotatable bonds is 2. The van der Waals surface area contributed by atoms with E-state index in [1.165, 1.54) is 6.20 Å². The number of amides is 2. The van der Waals surface area contributed by atoms with Gasteiger partial charge in [0.1, 0.15) is 6.04 Å². The second-order valence-corrected chi connectivity index (χ2v) is 3.60. The number of hydrogen-bond donors (Lipinski definition) is 3. The van der Waals surface area contributed by atoms with Gasteiger partial charge in [-0.1, -0.05) is 0 Å². The Morgan fingerprint density at radius 1 is 1.50 bits per heavy atom. The molecule has 7 nitrogen and oxygen atoms in total. The van der Waals surface area contributed by atoms with E-state index in [2.05, 4.69) is 10.3 Å². The molecule has 1 aliphatic rings. The Hall–Kier alpha value is -2.44. The molecule has 2 rings (SSSR count). The second-order valence-electron chi connectivity index (χ2n) is 3.60. The van der Waals surface area contributed by atoms with Crippen molar-refractivity contribution in [1.29, 1.82) is 0 Å². The molecule has 1 aromatic rings. The SMILES string of the molecule is NC(=O)c1cccnc1.O=C1CC[C@@H](C(=O)O)N1. The Bertz CT molecular complexity index is 447. The third-order valence-electron chi connectivity index (χ3n) is 2.24. The van der Waals surface area contributed by atoms with Gasteiger partial charge in [0.2, 0.25) is 11.8 Å². The summed E-state index contributed by atoms with van der Waals surface area (Å²) < 4.78 is 0. The van der Waals surface area contributed by atoms with E-state index in [1.807, 2.05) is 0 Å². The number of nitrogens with two attached hydrogens (primary N) is 1. The minimum absolute atomic E-state index is 0.164. The van der Waals surface area contributed by atoms with Gasteiger partial charge in [0.05, 0.1) is 5.56 Å². The molecular weight excluding hydrogens is 238 g/mol. The molecule has 2 amide bonds. The zero-order chi connectivity index (χ0) is 13.5. The van der Waals surface area contributed by atoms with Gasteiger partial charge in [0, 0.05) is 18.8 Å². The monoisotopic (exact) mass is 251 g/mol. The van der Waals surface area contributed by atoms with Crippen LogP contribution in [-0.4, -0.2) is 33.9 Å². The first kappa shape index (κ1) is 13.6. The van der Waals surface area contributed by atoms with Crippen molar-refractivity contribution in [3.8, 4) is 0 Å². The highest BCUT2D eigenvalue weighted by Crippen LogP contribution is 2.05. The van der Waals surface area contributed by atoms with Gasteiger partial charge in [-0.2, -0.15) is 0 Å². The lowest BCUT2D eigenvalue weighted by Gasteiger charge is -1.99. The highest BCUT2D eigenvalue weighted by Gasteiger charge is 2.26. The number of pyridine rings is 1. The van der Waals surface area contributed by atoms with Gasteiger partial charge in [-0.3, -0.25) is 14.6 Å². The van der Waals surface area contributed by atoms with Gasteiger partial charge in [-0.05, 0) is 18.6 Å². The predicted molar refractivity (Wildman–Crippen MR) is 61.6 cm³/mol. The molecule has 7 heteroatoms. The molecule has 96 valence electrons. The van der Waals surface area contributed by atoms with E-state index < -0.39 is 17.9 Å². The summed E-state index contributed by atoms with van der Waals surface area (Å²) in [6, 6.07) is 2.65. The third-order valence-corrected chi connectivity index (χ3v) is 2.24. The van der Waals surface area contributed by atoms with Crippen LogP contribution in [0.25, 0.3) is 0 Å². The number of hydrogen-bond acceptors (Lipinski definition) is 4. The van der Waals surface area contributed by atoms with Crippen LogP contribution in [0.5, 0.6) is 0 Å². The van der Waals surface area contributed by atoms with Crippen molar-refractivity contribution < 1.29 is 19.5 Å². The van der Waals surface area contributed by atoms with Crippen molar-refractivity contribution in [3.05, 3.63) is 30.1 Å². The molecule has 1 fully saturated rings. The second kappa shape index (κ2) is 6.33. The minimum Gasteiger partial charge on any atom is -0.480 e. The number of primary amides is 1.